The summed E-state index contributed by atoms with van der Waals surface area (Å²) in [5.74, 6) is -0.513. The van der Waals surface area contributed by atoms with Gasteiger partial charge in [0.2, 0.25) is 0 Å². The van der Waals surface area contributed by atoms with Gasteiger partial charge >= 0.3 is 5.97 Å². The zero-order valence-corrected chi connectivity index (χ0v) is 15.5. The Balaban J connectivity index is 2.20. The Bertz CT molecular complexity index is 768. The first-order valence-corrected chi connectivity index (χ1v) is 8.54. The number of carbonyl (C=O) groups is 2. The molecule has 1 aromatic heterocycles. The van der Waals surface area contributed by atoms with E-state index < -0.39 is 5.97 Å². The lowest BCUT2D eigenvalue weighted by Gasteiger charge is -2.18. The second-order valence-electron chi connectivity index (χ2n) is 6.12. The number of carboxylic acids is 1. The number of nitrogens with zero attached hydrogens (tertiary/aromatic N) is 4. The van der Waals surface area contributed by atoms with Gasteiger partial charge in [-0.1, -0.05) is 5.21 Å². The van der Waals surface area contributed by atoms with Crippen molar-refractivity contribution in [3.63, 3.8) is 0 Å². The fourth-order valence-electron chi connectivity index (χ4n) is 2.49. The summed E-state index contributed by atoms with van der Waals surface area (Å²) >= 11 is 0. The van der Waals surface area contributed by atoms with E-state index in [0.29, 0.717) is 12.2 Å². The number of ether oxygens (including phenoxy) is 1. The largest absolute Gasteiger partial charge is 0.491 e. The fraction of sp³-hybridized carbons (Fsp3) is 0.444. The van der Waals surface area contributed by atoms with Crippen LogP contribution in [0.2, 0.25) is 0 Å². The summed E-state index contributed by atoms with van der Waals surface area (Å²) in [5, 5.41) is 16.9. The van der Waals surface area contributed by atoms with Crippen LogP contribution >= 0.6 is 0 Å². The first-order chi connectivity index (χ1) is 12.3. The fourth-order valence-corrected chi connectivity index (χ4v) is 2.49. The Kier molecular flexibility index (Phi) is 6.32. The van der Waals surface area contributed by atoms with Gasteiger partial charge in [-0.2, -0.15) is 0 Å². The van der Waals surface area contributed by atoms with Gasteiger partial charge in [0.25, 0.3) is 5.91 Å². The number of amides is 1. The molecular weight excluding hydrogens is 336 g/mol. The van der Waals surface area contributed by atoms with Crippen LogP contribution < -0.4 is 4.74 Å². The molecule has 0 spiro atoms. The smallest absolute Gasteiger partial charge is 0.305 e. The minimum absolute atomic E-state index is 0.0870. The van der Waals surface area contributed by atoms with Crippen molar-refractivity contribution in [2.45, 2.75) is 40.2 Å². The number of aromatic nitrogens is 3. The van der Waals surface area contributed by atoms with Crippen molar-refractivity contribution < 1.29 is 19.4 Å². The van der Waals surface area contributed by atoms with E-state index in [4.69, 9.17) is 9.84 Å². The van der Waals surface area contributed by atoms with Crippen LogP contribution in [0.5, 0.6) is 5.75 Å². The molecule has 2 rings (SSSR count). The van der Waals surface area contributed by atoms with Gasteiger partial charge in [0.05, 0.1) is 23.9 Å². The van der Waals surface area contributed by atoms with Crippen LogP contribution in [-0.4, -0.2) is 56.1 Å². The second kappa shape index (κ2) is 8.46. The molecule has 26 heavy (non-hydrogen) atoms. The highest BCUT2D eigenvalue weighted by molar-refractivity contribution is 5.93. The first-order valence-electron chi connectivity index (χ1n) is 8.54. The minimum Gasteiger partial charge on any atom is -0.491 e. The number of rotatable bonds is 8. The number of carboxylic acid groups (broad SMARTS) is 1. The van der Waals surface area contributed by atoms with Crippen molar-refractivity contribution in [2.75, 3.05) is 13.1 Å². The standard InChI is InChI=1S/C18H24N4O4/c1-5-21(11-10-16(23)24)18(25)17-13(4)22(20-19-17)14-6-8-15(9-7-14)26-12(2)3/h6-9,12H,5,10-11H2,1-4H3,(H,23,24). The molecule has 0 unspecified atom stereocenters. The monoisotopic (exact) mass is 360 g/mol. The van der Waals surface area contributed by atoms with Crippen molar-refractivity contribution in [3.8, 4) is 11.4 Å². The van der Waals surface area contributed by atoms with Crippen molar-refractivity contribution in [2.24, 2.45) is 0 Å². The van der Waals surface area contributed by atoms with E-state index in [2.05, 4.69) is 10.3 Å². The highest BCUT2D eigenvalue weighted by atomic mass is 16.5. The zero-order valence-electron chi connectivity index (χ0n) is 15.5. The van der Waals surface area contributed by atoms with Crippen LogP contribution in [0.4, 0.5) is 0 Å². The highest BCUT2D eigenvalue weighted by Gasteiger charge is 2.22. The quantitative estimate of drug-likeness (QED) is 0.776. The molecule has 8 nitrogen and oxygen atoms in total. The lowest BCUT2D eigenvalue weighted by molar-refractivity contribution is -0.137. The van der Waals surface area contributed by atoms with Crippen LogP contribution in [0.25, 0.3) is 5.69 Å². The van der Waals surface area contributed by atoms with Gasteiger partial charge in [0.1, 0.15) is 5.75 Å². The van der Waals surface area contributed by atoms with Crippen LogP contribution in [0.15, 0.2) is 24.3 Å². The summed E-state index contributed by atoms with van der Waals surface area (Å²) < 4.78 is 7.20. The van der Waals surface area contributed by atoms with Crippen molar-refractivity contribution in [1.29, 1.82) is 0 Å². The molecule has 1 aromatic carbocycles. The van der Waals surface area contributed by atoms with Gasteiger partial charge in [-0.15, -0.1) is 5.10 Å². The number of benzene rings is 1. The van der Waals surface area contributed by atoms with Gasteiger partial charge in [-0.25, -0.2) is 4.68 Å². The predicted octanol–water partition coefficient (Wildman–Crippen LogP) is 2.30. The molecule has 1 amide bonds. The van der Waals surface area contributed by atoms with Crippen LogP contribution in [0.1, 0.15) is 43.4 Å². The Hall–Kier alpha value is -2.90. The maximum atomic E-state index is 12.6. The molecule has 0 bridgehead atoms. The van der Waals surface area contributed by atoms with Gasteiger partial charge < -0.3 is 14.7 Å². The summed E-state index contributed by atoms with van der Waals surface area (Å²) in [6.45, 7) is 8.01. The summed E-state index contributed by atoms with van der Waals surface area (Å²) in [6.07, 6.45) is -0.0200. The molecule has 2 aromatic rings. The molecule has 0 atom stereocenters. The first kappa shape index (κ1) is 19.4. The lowest BCUT2D eigenvalue weighted by atomic mass is 10.2. The van der Waals surface area contributed by atoms with E-state index in [1.54, 1.807) is 18.5 Å². The predicted molar refractivity (Wildman–Crippen MR) is 95.7 cm³/mol. The number of hydrogen-bond donors (Lipinski definition) is 1. The van der Waals surface area contributed by atoms with Gasteiger partial charge in [0.15, 0.2) is 5.69 Å². The minimum atomic E-state index is -0.944. The normalized spacial score (nSPS) is 10.8. The highest BCUT2D eigenvalue weighted by Crippen LogP contribution is 2.18. The molecule has 0 fully saturated rings. The molecule has 0 aliphatic rings. The van der Waals surface area contributed by atoms with Crippen LogP contribution in [0.3, 0.4) is 0 Å². The van der Waals surface area contributed by atoms with E-state index in [1.807, 2.05) is 38.1 Å². The third-order valence-electron chi connectivity index (χ3n) is 3.81. The zero-order chi connectivity index (χ0) is 19.3. The average Bonchev–Trinajstić information content (AvgIpc) is 2.96. The van der Waals surface area contributed by atoms with Crippen LogP contribution in [-0.2, 0) is 4.79 Å². The van der Waals surface area contributed by atoms with E-state index in [-0.39, 0.29) is 30.7 Å². The number of carbonyl (C=O) groups excluding carboxylic acids is 1. The molecule has 0 saturated carbocycles. The van der Waals surface area contributed by atoms with Gasteiger partial charge in [-0.3, -0.25) is 9.59 Å². The summed E-state index contributed by atoms with van der Waals surface area (Å²) in [4.78, 5) is 24.8. The average molecular weight is 360 g/mol. The maximum absolute atomic E-state index is 12.6. The van der Waals surface area contributed by atoms with E-state index in [1.165, 1.54) is 4.90 Å². The third kappa shape index (κ3) is 4.59. The van der Waals surface area contributed by atoms with Gasteiger partial charge in [-0.05, 0) is 52.0 Å². The van der Waals surface area contributed by atoms with Gasteiger partial charge in [0, 0.05) is 13.1 Å². The number of hydrogen-bond acceptors (Lipinski definition) is 5. The molecule has 0 aliphatic heterocycles. The molecule has 140 valence electrons. The van der Waals surface area contributed by atoms with Crippen molar-refractivity contribution in [1.82, 2.24) is 19.9 Å². The SMILES string of the molecule is CCN(CCC(=O)O)C(=O)c1nnn(-c2ccc(OC(C)C)cc2)c1C. The summed E-state index contributed by atoms with van der Waals surface area (Å²) in [7, 11) is 0. The molecule has 0 aliphatic carbocycles. The molecule has 8 heteroatoms. The molecule has 1 N–H and O–H groups in total. The molecule has 0 radical (unpaired) electrons. The summed E-state index contributed by atoms with van der Waals surface area (Å²) in [6, 6.07) is 7.36. The number of aliphatic carboxylic acids is 1. The second-order valence-corrected chi connectivity index (χ2v) is 6.12. The lowest BCUT2D eigenvalue weighted by Crippen LogP contribution is -2.33. The maximum Gasteiger partial charge on any atom is 0.305 e. The van der Waals surface area contributed by atoms with Crippen molar-refractivity contribution >= 4 is 11.9 Å². The van der Waals surface area contributed by atoms with E-state index in [9.17, 15) is 9.59 Å². The van der Waals surface area contributed by atoms with E-state index in [0.717, 1.165) is 11.4 Å². The Morgan fingerprint density at radius 2 is 1.92 bits per heavy atom. The topological polar surface area (TPSA) is 97.5 Å². The third-order valence-corrected chi connectivity index (χ3v) is 3.81. The Morgan fingerprint density at radius 3 is 2.46 bits per heavy atom. The molecule has 1 heterocycles. The van der Waals surface area contributed by atoms with Crippen LogP contribution in [0, 0.1) is 6.92 Å². The molecule has 0 saturated heterocycles. The van der Waals surface area contributed by atoms with E-state index >= 15 is 0 Å². The van der Waals surface area contributed by atoms with Crippen molar-refractivity contribution in [3.05, 3.63) is 35.7 Å². The Labute approximate surface area is 152 Å². The summed E-state index contributed by atoms with van der Waals surface area (Å²) in [5.41, 5.74) is 1.58. The molecular formula is C18H24N4O4. The Morgan fingerprint density at radius 1 is 1.27 bits per heavy atom.